The van der Waals surface area contributed by atoms with Gasteiger partial charge in [-0.3, -0.25) is 0 Å². The molecular formula is C15H23N3O4S2. The molecule has 2 bridgehead atoms. The van der Waals surface area contributed by atoms with Crippen molar-refractivity contribution in [2.24, 2.45) is 0 Å². The molecule has 9 heteroatoms. The first-order chi connectivity index (χ1) is 11.2. The highest BCUT2D eigenvalue weighted by molar-refractivity contribution is 7.92. The second-order valence-corrected chi connectivity index (χ2v) is 10.5. The van der Waals surface area contributed by atoms with Gasteiger partial charge < -0.3 is 5.32 Å². The smallest absolute Gasteiger partial charge is 0.243 e. The topological polar surface area (TPSA) is 95.6 Å². The van der Waals surface area contributed by atoms with Gasteiger partial charge in [0.05, 0.1) is 0 Å². The van der Waals surface area contributed by atoms with E-state index in [0.717, 1.165) is 30.0 Å². The van der Waals surface area contributed by atoms with Gasteiger partial charge in [-0.05, 0) is 37.8 Å². The van der Waals surface area contributed by atoms with Crippen LogP contribution in [0.3, 0.4) is 0 Å². The van der Waals surface area contributed by atoms with Crippen LogP contribution in [0.1, 0.15) is 25.7 Å². The fraction of sp³-hybridized carbons (Fsp3) is 0.600. The van der Waals surface area contributed by atoms with Crippen LogP contribution in [-0.2, 0) is 20.0 Å². The molecule has 0 spiro atoms. The lowest BCUT2D eigenvalue weighted by Gasteiger charge is -2.29. The van der Waals surface area contributed by atoms with Crippen molar-refractivity contribution in [3.8, 4) is 0 Å². The predicted octanol–water partition coefficient (Wildman–Crippen LogP) is 0.498. The van der Waals surface area contributed by atoms with Crippen LogP contribution in [0.5, 0.6) is 0 Å². The van der Waals surface area contributed by atoms with E-state index < -0.39 is 20.0 Å². The third-order valence-electron chi connectivity index (χ3n) is 4.69. The number of nitrogens with one attached hydrogen (secondary N) is 2. The molecule has 0 amide bonds. The van der Waals surface area contributed by atoms with E-state index in [1.807, 2.05) is 0 Å². The number of sulfonamides is 2. The van der Waals surface area contributed by atoms with Crippen molar-refractivity contribution in [2.75, 3.05) is 14.1 Å². The normalized spacial score (nSPS) is 27.5. The van der Waals surface area contributed by atoms with E-state index in [2.05, 4.69) is 10.0 Å². The van der Waals surface area contributed by atoms with E-state index in [-0.39, 0.29) is 15.8 Å². The Morgan fingerprint density at radius 1 is 1.00 bits per heavy atom. The van der Waals surface area contributed by atoms with Crippen molar-refractivity contribution in [1.29, 1.82) is 0 Å². The molecule has 2 aliphatic heterocycles. The molecule has 0 saturated carbocycles. The molecule has 3 rings (SSSR count). The van der Waals surface area contributed by atoms with E-state index in [9.17, 15) is 16.8 Å². The Kier molecular flexibility index (Phi) is 4.73. The van der Waals surface area contributed by atoms with E-state index >= 15 is 0 Å². The lowest BCUT2D eigenvalue weighted by molar-refractivity contribution is 0.345. The zero-order chi connectivity index (χ0) is 17.5. The van der Waals surface area contributed by atoms with Gasteiger partial charge >= 0.3 is 0 Å². The first-order valence-corrected chi connectivity index (χ1v) is 10.9. The van der Waals surface area contributed by atoms with Crippen molar-refractivity contribution in [3.05, 3.63) is 24.3 Å². The van der Waals surface area contributed by atoms with E-state index in [1.165, 1.54) is 38.4 Å². The van der Waals surface area contributed by atoms with Crippen molar-refractivity contribution in [3.63, 3.8) is 0 Å². The van der Waals surface area contributed by atoms with E-state index in [0.29, 0.717) is 12.1 Å². The highest BCUT2D eigenvalue weighted by Crippen LogP contribution is 2.29. The van der Waals surface area contributed by atoms with Gasteiger partial charge in [-0.25, -0.2) is 25.9 Å². The van der Waals surface area contributed by atoms with Gasteiger partial charge in [-0.1, -0.05) is 12.1 Å². The maximum Gasteiger partial charge on any atom is 0.243 e. The lowest BCUT2D eigenvalue weighted by atomic mass is 10.0. The monoisotopic (exact) mass is 373 g/mol. The summed E-state index contributed by atoms with van der Waals surface area (Å²) in [6.07, 6.45) is 3.60. The van der Waals surface area contributed by atoms with Crippen molar-refractivity contribution in [1.82, 2.24) is 14.3 Å². The van der Waals surface area contributed by atoms with Crippen LogP contribution < -0.4 is 10.0 Å². The highest BCUT2D eigenvalue weighted by Gasteiger charge is 2.36. The Morgan fingerprint density at radius 3 is 2.08 bits per heavy atom. The summed E-state index contributed by atoms with van der Waals surface area (Å²) < 4.78 is 54.2. The van der Waals surface area contributed by atoms with Crippen molar-refractivity contribution >= 4 is 20.0 Å². The average molecular weight is 374 g/mol. The van der Waals surface area contributed by atoms with E-state index in [4.69, 9.17) is 0 Å². The molecule has 2 aliphatic rings. The second kappa shape index (κ2) is 6.38. The van der Waals surface area contributed by atoms with Gasteiger partial charge in [-0.2, -0.15) is 0 Å². The fourth-order valence-corrected chi connectivity index (χ4v) is 6.48. The van der Waals surface area contributed by atoms with Crippen LogP contribution in [0.2, 0.25) is 0 Å². The molecule has 2 heterocycles. The third kappa shape index (κ3) is 3.36. The summed E-state index contributed by atoms with van der Waals surface area (Å²) in [6, 6.07) is 6.26. The number of nitrogens with zero attached hydrogens (tertiary/aromatic N) is 1. The molecule has 2 saturated heterocycles. The molecule has 2 atom stereocenters. The largest absolute Gasteiger partial charge is 0.311 e. The van der Waals surface area contributed by atoms with Gasteiger partial charge in [0.15, 0.2) is 0 Å². The average Bonchev–Trinajstić information content (AvgIpc) is 2.85. The van der Waals surface area contributed by atoms with Gasteiger partial charge in [0, 0.05) is 32.2 Å². The Bertz CT molecular complexity index is 809. The molecule has 24 heavy (non-hydrogen) atoms. The highest BCUT2D eigenvalue weighted by atomic mass is 32.2. The van der Waals surface area contributed by atoms with Crippen molar-refractivity contribution in [2.45, 2.75) is 53.6 Å². The predicted molar refractivity (Wildman–Crippen MR) is 90.6 cm³/mol. The number of benzene rings is 1. The summed E-state index contributed by atoms with van der Waals surface area (Å²) in [6.45, 7) is 0. The summed E-state index contributed by atoms with van der Waals surface area (Å²) in [4.78, 5) is -0.385. The number of rotatable bonds is 5. The van der Waals surface area contributed by atoms with Crippen LogP contribution in [0.25, 0.3) is 0 Å². The minimum absolute atomic E-state index is 0.163. The summed E-state index contributed by atoms with van der Waals surface area (Å²) in [5.41, 5.74) is 0. The van der Waals surface area contributed by atoms with Gasteiger partial charge in [0.1, 0.15) is 9.79 Å². The number of hydrogen-bond acceptors (Lipinski definition) is 5. The molecule has 0 aromatic heterocycles. The molecule has 1 aromatic rings. The van der Waals surface area contributed by atoms with Gasteiger partial charge in [0.25, 0.3) is 0 Å². The Morgan fingerprint density at radius 2 is 1.54 bits per heavy atom. The Hall–Kier alpha value is -1.00. The first kappa shape index (κ1) is 17.8. The zero-order valence-corrected chi connectivity index (χ0v) is 15.4. The van der Waals surface area contributed by atoms with Gasteiger partial charge in [0.2, 0.25) is 20.0 Å². The summed E-state index contributed by atoms with van der Waals surface area (Å²) in [7, 11) is -4.98. The maximum absolute atomic E-state index is 12.8. The minimum Gasteiger partial charge on any atom is -0.311 e. The fourth-order valence-electron chi connectivity index (χ4n) is 3.52. The molecule has 134 valence electrons. The summed E-state index contributed by atoms with van der Waals surface area (Å²) >= 11 is 0. The van der Waals surface area contributed by atoms with Crippen molar-refractivity contribution < 1.29 is 16.8 Å². The first-order valence-electron chi connectivity index (χ1n) is 8.00. The number of piperidine rings is 1. The molecular weight excluding hydrogens is 350 g/mol. The van der Waals surface area contributed by atoms with Crippen LogP contribution in [0.15, 0.2) is 34.1 Å². The van der Waals surface area contributed by atoms with E-state index in [1.54, 1.807) is 0 Å². The summed E-state index contributed by atoms with van der Waals surface area (Å²) in [5.74, 6) is 0. The van der Waals surface area contributed by atoms with Crippen LogP contribution >= 0.6 is 0 Å². The standard InChI is InChI=1S/C15H23N3O4S2/c1-18(2)24(21,22)15-6-4-3-5-14(15)23(19,20)17-13-9-11-7-8-12(10-13)16-11/h3-6,11-13,16-17H,7-10H2,1-2H3. The second-order valence-electron chi connectivity index (χ2n) is 6.66. The number of fused-ring (bicyclic) bond motifs is 2. The molecule has 1 aromatic carbocycles. The van der Waals surface area contributed by atoms with Crippen LogP contribution in [-0.4, -0.2) is 53.4 Å². The summed E-state index contributed by atoms with van der Waals surface area (Å²) in [5, 5.41) is 3.46. The molecule has 2 fully saturated rings. The molecule has 0 radical (unpaired) electrons. The van der Waals surface area contributed by atoms with Gasteiger partial charge in [-0.15, -0.1) is 0 Å². The minimum atomic E-state index is -3.91. The quantitative estimate of drug-likeness (QED) is 0.784. The Balaban J connectivity index is 1.91. The molecule has 2 N–H and O–H groups in total. The molecule has 7 nitrogen and oxygen atoms in total. The third-order valence-corrected chi connectivity index (χ3v) is 8.27. The maximum atomic E-state index is 12.8. The molecule has 2 unspecified atom stereocenters. The SMILES string of the molecule is CN(C)S(=O)(=O)c1ccccc1S(=O)(=O)NC1CC2CCC(C1)N2. The Labute approximate surface area is 143 Å². The lowest BCUT2D eigenvalue weighted by Crippen LogP contribution is -2.48. The zero-order valence-electron chi connectivity index (χ0n) is 13.8. The molecule has 0 aliphatic carbocycles. The number of hydrogen-bond donors (Lipinski definition) is 2. The van der Waals surface area contributed by atoms with Crippen LogP contribution in [0.4, 0.5) is 0 Å². The van der Waals surface area contributed by atoms with Crippen LogP contribution in [0, 0.1) is 0 Å².